The van der Waals surface area contributed by atoms with Crippen LogP contribution in [0.5, 0.6) is 0 Å². The SMILES string of the molecule is N#C/C(=C\c1cccc(Cl)c1F)c1c(F)cc(Cl)cc1F. The molecule has 2 aromatic rings. The van der Waals surface area contributed by atoms with Crippen LogP contribution < -0.4 is 0 Å². The molecule has 6 heteroatoms. The summed E-state index contributed by atoms with van der Waals surface area (Å²) in [6.07, 6.45) is 1.02. The Labute approximate surface area is 128 Å². The Balaban J connectivity index is 2.63. The van der Waals surface area contributed by atoms with Crippen LogP contribution in [0, 0.1) is 28.8 Å². The quantitative estimate of drug-likeness (QED) is 0.529. The number of benzene rings is 2. The van der Waals surface area contributed by atoms with E-state index in [0.29, 0.717) is 0 Å². The van der Waals surface area contributed by atoms with E-state index < -0.39 is 23.0 Å². The molecule has 0 aliphatic rings. The lowest BCUT2D eigenvalue weighted by Crippen LogP contribution is -1.95. The van der Waals surface area contributed by atoms with Crippen molar-refractivity contribution >= 4 is 34.9 Å². The van der Waals surface area contributed by atoms with Gasteiger partial charge in [0.2, 0.25) is 0 Å². The maximum absolute atomic E-state index is 13.8. The van der Waals surface area contributed by atoms with Gasteiger partial charge < -0.3 is 0 Å². The molecule has 0 aromatic heterocycles. The number of hydrogen-bond donors (Lipinski definition) is 0. The van der Waals surface area contributed by atoms with E-state index in [9.17, 15) is 13.2 Å². The summed E-state index contributed by atoms with van der Waals surface area (Å²) in [5.41, 5.74) is -0.989. The lowest BCUT2D eigenvalue weighted by molar-refractivity contribution is 0.578. The number of nitrogens with zero attached hydrogens (tertiary/aromatic N) is 1. The average molecular weight is 328 g/mol. The highest BCUT2D eigenvalue weighted by atomic mass is 35.5. The molecule has 0 amide bonds. The zero-order valence-corrected chi connectivity index (χ0v) is 11.8. The van der Waals surface area contributed by atoms with E-state index in [1.165, 1.54) is 18.2 Å². The van der Waals surface area contributed by atoms with Crippen molar-refractivity contribution in [2.45, 2.75) is 0 Å². The Morgan fingerprint density at radius 1 is 1.10 bits per heavy atom. The van der Waals surface area contributed by atoms with Crippen molar-refractivity contribution in [2.24, 2.45) is 0 Å². The van der Waals surface area contributed by atoms with Gasteiger partial charge in [0, 0.05) is 10.6 Å². The van der Waals surface area contributed by atoms with Crippen molar-refractivity contribution in [1.29, 1.82) is 5.26 Å². The first-order valence-electron chi connectivity index (χ1n) is 5.64. The summed E-state index contributed by atoms with van der Waals surface area (Å²) in [5.74, 6) is -2.79. The van der Waals surface area contributed by atoms with Gasteiger partial charge in [-0.05, 0) is 24.3 Å². The molecule has 0 spiro atoms. The van der Waals surface area contributed by atoms with Crippen LogP contribution in [0.3, 0.4) is 0 Å². The Hall–Kier alpha value is -1.96. The molecule has 0 unspecified atom stereocenters. The standard InChI is InChI=1S/C15H6Cl2F3N/c16-10-5-12(18)14(13(19)6-10)9(7-21)4-8-2-1-3-11(17)15(8)20/h1-6H/b9-4+. The lowest BCUT2D eigenvalue weighted by atomic mass is 10.0. The predicted molar refractivity (Wildman–Crippen MR) is 76.3 cm³/mol. The molecule has 0 aliphatic heterocycles. The second kappa shape index (κ2) is 6.21. The summed E-state index contributed by atoms with van der Waals surface area (Å²) in [6.45, 7) is 0. The van der Waals surface area contributed by atoms with E-state index in [1.54, 1.807) is 6.07 Å². The summed E-state index contributed by atoms with van der Waals surface area (Å²) in [5, 5.41) is 8.79. The highest BCUT2D eigenvalue weighted by Crippen LogP contribution is 2.28. The fourth-order valence-electron chi connectivity index (χ4n) is 1.75. The number of allylic oxidation sites excluding steroid dienone is 1. The van der Waals surface area contributed by atoms with Crippen LogP contribution >= 0.6 is 23.2 Å². The zero-order chi connectivity index (χ0) is 15.6. The molecule has 2 rings (SSSR count). The van der Waals surface area contributed by atoms with Crippen LogP contribution in [0.2, 0.25) is 10.0 Å². The largest absolute Gasteiger partial charge is 0.206 e. The molecule has 1 nitrogen and oxygen atoms in total. The van der Waals surface area contributed by atoms with Gasteiger partial charge in [-0.1, -0.05) is 35.3 Å². The van der Waals surface area contributed by atoms with Crippen LogP contribution in [0.15, 0.2) is 30.3 Å². The van der Waals surface area contributed by atoms with Gasteiger partial charge in [-0.25, -0.2) is 13.2 Å². The number of halogens is 5. The molecule has 0 heterocycles. The lowest BCUT2D eigenvalue weighted by Gasteiger charge is -2.05. The monoisotopic (exact) mass is 327 g/mol. The van der Waals surface area contributed by atoms with E-state index in [1.807, 2.05) is 0 Å². The number of nitriles is 1. The average Bonchev–Trinajstić information content (AvgIpc) is 2.41. The predicted octanol–water partition coefficient (Wildman–Crippen LogP) is 5.47. The molecule has 0 fully saturated rings. The minimum Gasteiger partial charge on any atom is -0.206 e. The van der Waals surface area contributed by atoms with Crippen LogP contribution in [0.4, 0.5) is 13.2 Å². The Bertz CT molecular complexity index is 756. The molecule has 21 heavy (non-hydrogen) atoms. The molecule has 0 N–H and O–H groups in total. The van der Waals surface area contributed by atoms with Crippen molar-refractivity contribution in [3.05, 3.63) is 69.0 Å². The van der Waals surface area contributed by atoms with Gasteiger partial charge in [0.25, 0.3) is 0 Å². The Morgan fingerprint density at radius 2 is 1.71 bits per heavy atom. The van der Waals surface area contributed by atoms with Gasteiger partial charge >= 0.3 is 0 Å². The first-order chi connectivity index (χ1) is 9.93. The minimum absolute atomic E-state index is 0.0483. The second-order valence-corrected chi connectivity index (χ2v) is 4.90. The van der Waals surface area contributed by atoms with Gasteiger partial charge in [0.15, 0.2) is 0 Å². The summed E-state index contributed by atoms with van der Waals surface area (Å²) in [7, 11) is 0. The topological polar surface area (TPSA) is 23.8 Å². The Morgan fingerprint density at radius 3 is 2.29 bits per heavy atom. The summed E-state index contributed by atoms with van der Waals surface area (Å²) in [4.78, 5) is 0. The van der Waals surface area contributed by atoms with E-state index in [-0.39, 0.29) is 21.2 Å². The van der Waals surface area contributed by atoms with Gasteiger partial charge in [0.05, 0.1) is 22.2 Å². The van der Waals surface area contributed by atoms with E-state index in [0.717, 1.165) is 18.2 Å². The molecular weight excluding hydrogens is 322 g/mol. The van der Waals surface area contributed by atoms with Crippen molar-refractivity contribution in [3.8, 4) is 6.07 Å². The normalized spacial score (nSPS) is 11.3. The fraction of sp³-hybridized carbons (Fsp3) is 0. The highest BCUT2D eigenvalue weighted by Gasteiger charge is 2.16. The molecule has 0 radical (unpaired) electrons. The van der Waals surface area contributed by atoms with Gasteiger partial charge in [0.1, 0.15) is 17.5 Å². The molecule has 2 aromatic carbocycles. The maximum Gasteiger partial charge on any atom is 0.149 e. The molecular formula is C15H6Cl2F3N. The third-order valence-corrected chi connectivity index (χ3v) is 3.19. The van der Waals surface area contributed by atoms with Crippen LogP contribution in [0.1, 0.15) is 11.1 Å². The van der Waals surface area contributed by atoms with Crippen molar-refractivity contribution in [3.63, 3.8) is 0 Å². The van der Waals surface area contributed by atoms with Crippen molar-refractivity contribution in [2.75, 3.05) is 0 Å². The second-order valence-electron chi connectivity index (χ2n) is 4.06. The molecule has 0 saturated carbocycles. The first kappa shape index (κ1) is 15.4. The third kappa shape index (κ3) is 3.21. The molecule has 0 atom stereocenters. The van der Waals surface area contributed by atoms with Gasteiger partial charge in [-0.15, -0.1) is 0 Å². The molecule has 0 aliphatic carbocycles. The van der Waals surface area contributed by atoms with E-state index in [2.05, 4.69) is 0 Å². The smallest absolute Gasteiger partial charge is 0.149 e. The van der Waals surface area contributed by atoms with Crippen LogP contribution in [0.25, 0.3) is 11.6 Å². The molecule has 0 bridgehead atoms. The third-order valence-electron chi connectivity index (χ3n) is 2.68. The summed E-state index contributed by atoms with van der Waals surface area (Å²) < 4.78 is 41.4. The van der Waals surface area contributed by atoms with Crippen LogP contribution in [-0.2, 0) is 0 Å². The first-order valence-corrected chi connectivity index (χ1v) is 6.40. The zero-order valence-electron chi connectivity index (χ0n) is 10.3. The van der Waals surface area contributed by atoms with E-state index >= 15 is 0 Å². The van der Waals surface area contributed by atoms with Gasteiger partial charge in [-0.2, -0.15) is 5.26 Å². The van der Waals surface area contributed by atoms with Gasteiger partial charge in [-0.3, -0.25) is 0 Å². The number of rotatable bonds is 2. The summed E-state index contributed by atoms with van der Waals surface area (Å²) in [6, 6.07) is 7.51. The maximum atomic E-state index is 13.8. The van der Waals surface area contributed by atoms with Crippen molar-refractivity contribution < 1.29 is 13.2 Å². The fourth-order valence-corrected chi connectivity index (χ4v) is 2.12. The summed E-state index contributed by atoms with van der Waals surface area (Å²) >= 11 is 11.1. The van der Waals surface area contributed by atoms with E-state index in [4.69, 9.17) is 28.5 Å². The number of hydrogen-bond acceptors (Lipinski definition) is 1. The van der Waals surface area contributed by atoms with Crippen molar-refractivity contribution in [1.82, 2.24) is 0 Å². The van der Waals surface area contributed by atoms with Crippen LogP contribution in [-0.4, -0.2) is 0 Å². The Kier molecular flexibility index (Phi) is 4.56. The molecule has 106 valence electrons. The highest BCUT2D eigenvalue weighted by molar-refractivity contribution is 6.31. The minimum atomic E-state index is -1.00. The molecule has 0 saturated heterocycles.